The third-order valence-corrected chi connectivity index (χ3v) is 2.77. The summed E-state index contributed by atoms with van der Waals surface area (Å²) in [5, 5.41) is 0. The van der Waals surface area contributed by atoms with Crippen LogP contribution in [0.25, 0.3) is 0 Å². The molecule has 0 spiro atoms. The van der Waals surface area contributed by atoms with E-state index in [0.29, 0.717) is 0 Å². The van der Waals surface area contributed by atoms with Crippen LogP contribution in [0.1, 0.15) is 18.4 Å². The summed E-state index contributed by atoms with van der Waals surface area (Å²) in [5.41, 5.74) is 1.42. The fourth-order valence-electron chi connectivity index (χ4n) is 0.968. The largest absolute Gasteiger partial charge is 1.00 e. The van der Waals surface area contributed by atoms with E-state index in [2.05, 4.69) is 37.3 Å². The van der Waals surface area contributed by atoms with Gasteiger partial charge in [0.05, 0.1) is 0 Å². The molecular formula is C11H15LiS. The summed E-state index contributed by atoms with van der Waals surface area (Å²) in [4.78, 5) is 0. The molecule has 0 saturated carbocycles. The molecule has 0 unspecified atom stereocenters. The molecule has 0 aliphatic rings. The van der Waals surface area contributed by atoms with Gasteiger partial charge in [-0.3, -0.25) is 0 Å². The van der Waals surface area contributed by atoms with Gasteiger partial charge < -0.3 is 6.92 Å². The molecule has 66 valence electrons. The van der Waals surface area contributed by atoms with Crippen molar-refractivity contribution in [2.45, 2.75) is 18.6 Å². The fraction of sp³-hybridized carbons (Fsp3) is 0.364. The second-order valence-electron chi connectivity index (χ2n) is 2.75. The molecule has 0 fully saturated rings. The van der Waals surface area contributed by atoms with Crippen molar-refractivity contribution in [3.63, 3.8) is 0 Å². The van der Waals surface area contributed by atoms with Crippen LogP contribution in [0.15, 0.2) is 30.3 Å². The van der Waals surface area contributed by atoms with Gasteiger partial charge in [-0.2, -0.15) is 18.2 Å². The minimum absolute atomic E-state index is 0. The molecule has 0 aromatic heterocycles. The second-order valence-corrected chi connectivity index (χ2v) is 3.85. The summed E-state index contributed by atoms with van der Waals surface area (Å²) < 4.78 is 0. The fourth-order valence-corrected chi connectivity index (χ4v) is 1.95. The van der Waals surface area contributed by atoms with Crippen LogP contribution < -0.4 is 18.9 Å². The molecule has 0 saturated heterocycles. The first-order valence-corrected chi connectivity index (χ1v) is 5.50. The normalized spacial score (nSPS) is 9.31. The third kappa shape index (κ3) is 6.27. The van der Waals surface area contributed by atoms with E-state index in [-0.39, 0.29) is 18.9 Å². The van der Waals surface area contributed by atoms with Crippen LogP contribution >= 0.6 is 11.8 Å². The molecule has 0 heterocycles. The van der Waals surface area contributed by atoms with Crippen LogP contribution in [0.5, 0.6) is 0 Å². The minimum atomic E-state index is 0. The van der Waals surface area contributed by atoms with Crippen molar-refractivity contribution in [3.8, 4) is 0 Å². The molecule has 1 rings (SSSR count). The van der Waals surface area contributed by atoms with Gasteiger partial charge in [0.2, 0.25) is 0 Å². The Hall–Kier alpha value is 0.167. The Morgan fingerprint density at radius 1 is 1.15 bits per heavy atom. The van der Waals surface area contributed by atoms with E-state index in [0.717, 1.165) is 12.2 Å². The minimum Gasteiger partial charge on any atom is -0.343 e. The standard InChI is InChI=1S/C11H15S.Li/c1-2-3-9-12-10-11-7-5-4-6-8-11;/h4-8H,1-3,9-10H2;/q-1;+1. The number of unbranched alkanes of at least 4 members (excludes halogenated alkanes) is 1. The quantitative estimate of drug-likeness (QED) is 0.367. The van der Waals surface area contributed by atoms with E-state index < -0.39 is 0 Å². The van der Waals surface area contributed by atoms with Gasteiger partial charge in [-0.25, -0.2) is 0 Å². The Bertz CT molecular complexity index is 199. The maximum atomic E-state index is 3.82. The predicted molar refractivity (Wildman–Crippen MR) is 57.2 cm³/mol. The third-order valence-electron chi connectivity index (χ3n) is 1.65. The monoisotopic (exact) mass is 186 g/mol. The molecule has 0 aliphatic carbocycles. The average Bonchev–Trinajstić information content (AvgIpc) is 2.14. The molecule has 13 heavy (non-hydrogen) atoms. The molecule has 0 aliphatic heterocycles. The van der Waals surface area contributed by atoms with Crippen molar-refractivity contribution < 1.29 is 18.9 Å². The molecule has 0 atom stereocenters. The van der Waals surface area contributed by atoms with E-state index in [1.807, 2.05) is 11.8 Å². The van der Waals surface area contributed by atoms with E-state index in [4.69, 9.17) is 0 Å². The summed E-state index contributed by atoms with van der Waals surface area (Å²) in [6.45, 7) is 3.82. The van der Waals surface area contributed by atoms with E-state index in [1.54, 1.807) is 0 Å². The van der Waals surface area contributed by atoms with Crippen molar-refractivity contribution >= 4 is 11.8 Å². The van der Waals surface area contributed by atoms with Gasteiger partial charge in [0.15, 0.2) is 0 Å². The Kier molecular flexibility index (Phi) is 8.86. The Balaban J connectivity index is 0.00000144. The molecule has 0 bridgehead atoms. The Labute approximate surface area is 97.7 Å². The SMILES string of the molecule is [CH2-]CCCSCc1ccccc1.[Li+]. The Morgan fingerprint density at radius 3 is 2.46 bits per heavy atom. The second kappa shape index (κ2) is 8.75. The Morgan fingerprint density at radius 2 is 1.85 bits per heavy atom. The van der Waals surface area contributed by atoms with Crippen molar-refractivity contribution in [1.82, 2.24) is 0 Å². The van der Waals surface area contributed by atoms with E-state index in [9.17, 15) is 0 Å². The first-order chi connectivity index (χ1) is 5.93. The first kappa shape index (κ1) is 13.2. The topological polar surface area (TPSA) is 0 Å². The van der Waals surface area contributed by atoms with Gasteiger partial charge in [-0.1, -0.05) is 36.8 Å². The summed E-state index contributed by atoms with van der Waals surface area (Å²) in [5.74, 6) is 2.37. The van der Waals surface area contributed by atoms with Crippen molar-refractivity contribution in [2.75, 3.05) is 5.75 Å². The van der Waals surface area contributed by atoms with Gasteiger partial charge in [-0.15, -0.1) is 0 Å². The number of hydrogen-bond donors (Lipinski definition) is 0. The molecule has 0 radical (unpaired) electrons. The van der Waals surface area contributed by atoms with Gasteiger partial charge in [0.1, 0.15) is 0 Å². The maximum Gasteiger partial charge on any atom is 1.00 e. The molecule has 2 heteroatoms. The van der Waals surface area contributed by atoms with Gasteiger partial charge in [-0.05, 0) is 11.3 Å². The maximum absolute atomic E-state index is 3.82. The predicted octanol–water partition coefficient (Wildman–Crippen LogP) is 0.538. The smallest absolute Gasteiger partial charge is 0.343 e. The molecule has 1 aromatic rings. The first-order valence-electron chi connectivity index (χ1n) is 4.34. The molecule has 0 amide bonds. The van der Waals surface area contributed by atoms with E-state index >= 15 is 0 Å². The van der Waals surface area contributed by atoms with Crippen molar-refractivity contribution in [1.29, 1.82) is 0 Å². The van der Waals surface area contributed by atoms with Crippen LogP contribution in [0, 0.1) is 6.92 Å². The van der Waals surface area contributed by atoms with Crippen LogP contribution in [-0.4, -0.2) is 5.75 Å². The summed E-state index contributed by atoms with van der Waals surface area (Å²) in [7, 11) is 0. The summed E-state index contributed by atoms with van der Waals surface area (Å²) in [6, 6.07) is 10.6. The van der Waals surface area contributed by atoms with Gasteiger partial charge in [0.25, 0.3) is 0 Å². The van der Waals surface area contributed by atoms with Crippen LogP contribution in [0.4, 0.5) is 0 Å². The number of hydrogen-bond acceptors (Lipinski definition) is 1. The van der Waals surface area contributed by atoms with Crippen LogP contribution in [-0.2, 0) is 5.75 Å². The van der Waals surface area contributed by atoms with Crippen LogP contribution in [0.2, 0.25) is 0 Å². The molecular weight excluding hydrogens is 171 g/mol. The van der Waals surface area contributed by atoms with Crippen molar-refractivity contribution in [3.05, 3.63) is 42.8 Å². The number of rotatable bonds is 5. The molecule has 1 aromatic carbocycles. The molecule has 0 N–H and O–H groups in total. The van der Waals surface area contributed by atoms with E-state index in [1.165, 1.54) is 17.7 Å². The number of thioether (sulfide) groups is 1. The zero-order valence-corrected chi connectivity index (χ0v) is 9.15. The average molecular weight is 186 g/mol. The van der Waals surface area contributed by atoms with Crippen molar-refractivity contribution in [2.24, 2.45) is 0 Å². The van der Waals surface area contributed by atoms with Gasteiger partial charge >= 0.3 is 18.9 Å². The van der Waals surface area contributed by atoms with Gasteiger partial charge in [0, 0.05) is 5.75 Å². The molecule has 0 nitrogen and oxygen atoms in total. The summed E-state index contributed by atoms with van der Waals surface area (Å²) >= 11 is 1.99. The zero-order valence-electron chi connectivity index (χ0n) is 8.33. The zero-order chi connectivity index (χ0) is 8.65. The number of benzene rings is 1. The van der Waals surface area contributed by atoms with Crippen LogP contribution in [0.3, 0.4) is 0 Å². The summed E-state index contributed by atoms with van der Waals surface area (Å²) in [6.07, 6.45) is 2.29.